The summed E-state index contributed by atoms with van der Waals surface area (Å²) in [4.78, 5) is 13.0. The predicted molar refractivity (Wildman–Crippen MR) is 179 cm³/mol. The normalized spacial score (nSPS) is 11.8. The van der Waals surface area contributed by atoms with Gasteiger partial charge in [0.2, 0.25) is 0 Å². The van der Waals surface area contributed by atoms with E-state index < -0.39 is 8.80 Å². The van der Waals surface area contributed by atoms with Gasteiger partial charge >= 0.3 is 14.4 Å². The minimum atomic E-state index is -2.52. The molecule has 0 aliphatic carbocycles. The lowest BCUT2D eigenvalue weighted by molar-refractivity contribution is 0.0706. The molecule has 0 unspecified atom stereocenters. The minimum Gasteiger partial charge on any atom is -0.493 e. The molecule has 3 aromatic rings. The van der Waals surface area contributed by atoms with E-state index in [9.17, 15) is 4.79 Å². The molecule has 6 nitrogen and oxygen atoms in total. The number of benzene rings is 2. The number of fused-ring (bicyclic) bond motifs is 1. The van der Waals surface area contributed by atoms with Crippen molar-refractivity contribution in [1.29, 1.82) is 0 Å². The molecule has 3 rings (SSSR count). The number of unbranched alkanes of at least 4 members (excludes halogenated alkanes) is 7. The first-order valence-corrected chi connectivity index (χ1v) is 18.7. The van der Waals surface area contributed by atoms with Crippen LogP contribution < -0.4 is 10.4 Å². The van der Waals surface area contributed by atoms with Crippen molar-refractivity contribution >= 4 is 19.8 Å². The second kappa shape index (κ2) is 19.0. The monoisotopic (exact) mass is 610 g/mol. The summed E-state index contributed by atoms with van der Waals surface area (Å²) in [5.74, 6) is 0.734. The maximum absolute atomic E-state index is 13.0. The van der Waals surface area contributed by atoms with Gasteiger partial charge in [-0.2, -0.15) is 0 Å². The third-order valence-electron chi connectivity index (χ3n) is 7.86. The zero-order valence-electron chi connectivity index (χ0n) is 27.3. The lowest BCUT2D eigenvalue weighted by Crippen LogP contribution is -2.45. The van der Waals surface area contributed by atoms with Crippen LogP contribution in [0.3, 0.4) is 0 Å². The summed E-state index contributed by atoms with van der Waals surface area (Å²) in [5, 5.41) is 0.904. The zero-order chi connectivity index (χ0) is 30.9. The van der Waals surface area contributed by atoms with Crippen molar-refractivity contribution in [2.45, 2.75) is 111 Å². The van der Waals surface area contributed by atoms with Gasteiger partial charge in [-0.05, 0) is 87.8 Å². The van der Waals surface area contributed by atoms with Crippen LogP contribution in [0, 0.1) is 0 Å². The maximum atomic E-state index is 13.0. The standard InChI is InChI=1S/C36H54O6Si/c1-6-11-16-19-29-20-23-33(30(7-2)26-29)34-27-31-21-22-32(28-35(31)42-36(34)37)38-24-17-14-12-13-15-18-25-43(39-8-3,40-9-4)41-10-5/h20-23,26-28H,6-19,24-25H2,1-5H3. The van der Waals surface area contributed by atoms with Gasteiger partial charge in [0.1, 0.15) is 11.3 Å². The van der Waals surface area contributed by atoms with Gasteiger partial charge in [0.05, 0.1) is 12.2 Å². The van der Waals surface area contributed by atoms with Gasteiger partial charge in [-0.15, -0.1) is 0 Å². The second-order valence-electron chi connectivity index (χ2n) is 11.2. The maximum Gasteiger partial charge on any atom is 0.500 e. The van der Waals surface area contributed by atoms with E-state index in [1.54, 1.807) is 0 Å². The first-order valence-electron chi connectivity index (χ1n) is 16.7. The highest BCUT2D eigenvalue weighted by Crippen LogP contribution is 2.28. The van der Waals surface area contributed by atoms with E-state index >= 15 is 0 Å². The molecule has 0 bridgehead atoms. The highest BCUT2D eigenvalue weighted by molar-refractivity contribution is 6.60. The average molecular weight is 611 g/mol. The predicted octanol–water partition coefficient (Wildman–Crippen LogP) is 9.52. The van der Waals surface area contributed by atoms with E-state index in [4.69, 9.17) is 22.4 Å². The fraction of sp³-hybridized carbons (Fsp3) is 0.583. The Morgan fingerprint density at radius 3 is 2.07 bits per heavy atom. The molecule has 2 aromatic carbocycles. The van der Waals surface area contributed by atoms with Crippen LogP contribution in [0.5, 0.6) is 5.75 Å². The van der Waals surface area contributed by atoms with E-state index in [0.29, 0.717) is 37.6 Å². The van der Waals surface area contributed by atoms with E-state index in [2.05, 4.69) is 32.0 Å². The highest BCUT2D eigenvalue weighted by Gasteiger charge is 2.39. The molecule has 0 aliphatic heterocycles. The Morgan fingerprint density at radius 2 is 1.40 bits per heavy atom. The first-order chi connectivity index (χ1) is 21.0. The third-order valence-corrected chi connectivity index (χ3v) is 11.0. The molecule has 7 heteroatoms. The molecule has 0 radical (unpaired) electrons. The number of aryl methyl sites for hydroxylation is 2. The molecular formula is C36H54O6Si. The van der Waals surface area contributed by atoms with Crippen molar-refractivity contribution in [1.82, 2.24) is 0 Å². The quantitative estimate of drug-likeness (QED) is 0.0641. The van der Waals surface area contributed by atoms with Crippen LogP contribution in [0.15, 0.2) is 51.7 Å². The largest absolute Gasteiger partial charge is 0.500 e. The Balaban J connectivity index is 1.47. The third kappa shape index (κ3) is 10.9. The molecule has 0 amide bonds. The van der Waals surface area contributed by atoms with Crippen molar-refractivity contribution in [2.24, 2.45) is 0 Å². The first kappa shape index (κ1) is 35.0. The van der Waals surface area contributed by atoms with E-state index in [-0.39, 0.29) is 5.63 Å². The SMILES string of the molecule is CCCCCc1ccc(-c2cc3ccc(OCCCCCCCC[Si](OCC)(OCC)OCC)cc3oc2=O)c(CC)c1. The van der Waals surface area contributed by atoms with Crippen LogP contribution in [-0.2, 0) is 26.1 Å². The van der Waals surface area contributed by atoms with Crippen LogP contribution >= 0.6 is 0 Å². The summed E-state index contributed by atoms with van der Waals surface area (Å²) in [6.07, 6.45) is 12.3. The fourth-order valence-electron chi connectivity index (χ4n) is 5.65. The topological polar surface area (TPSA) is 67.1 Å². The Kier molecular flexibility index (Phi) is 15.5. The molecule has 0 atom stereocenters. The van der Waals surface area contributed by atoms with E-state index in [1.807, 2.05) is 45.0 Å². The lowest BCUT2D eigenvalue weighted by atomic mass is 9.94. The van der Waals surface area contributed by atoms with Crippen LogP contribution in [-0.4, -0.2) is 35.2 Å². The molecule has 43 heavy (non-hydrogen) atoms. The van der Waals surface area contributed by atoms with Gasteiger partial charge in [-0.25, -0.2) is 4.79 Å². The van der Waals surface area contributed by atoms with Gasteiger partial charge < -0.3 is 22.4 Å². The average Bonchev–Trinajstić information content (AvgIpc) is 3.00. The van der Waals surface area contributed by atoms with Crippen molar-refractivity contribution in [3.05, 3.63) is 64.0 Å². The van der Waals surface area contributed by atoms with Crippen LogP contribution in [0.25, 0.3) is 22.1 Å². The summed E-state index contributed by atoms with van der Waals surface area (Å²) in [6.45, 7) is 12.9. The fourth-order valence-corrected chi connectivity index (χ4v) is 8.33. The number of ether oxygens (including phenoxy) is 1. The van der Waals surface area contributed by atoms with Gasteiger partial charge in [-0.1, -0.05) is 70.6 Å². The molecular weight excluding hydrogens is 556 g/mol. The molecule has 1 heterocycles. The molecule has 0 saturated heterocycles. The van der Waals surface area contributed by atoms with E-state index in [0.717, 1.165) is 61.3 Å². The van der Waals surface area contributed by atoms with Crippen molar-refractivity contribution < 1.29 is 22.4 Å². The Hall–Kier alpha value is -2.45. The summed E-state index contributed by atoms with van der Waals surface area (Å²) < 4.78 is 29.7. The molecule has 0 aliphatic rings. The van der Waals surface area contributed by atoms with Crippen LogP contribution in [0.1, 0.15) is 104 Å². The molecule has 0 fully saturated rings. The Labute approximate surface area is 260 Å². The van der Waals surface area contributed by atoms with Gasteiger partial charge in [0.25, 0.3) is 0 Å². The number of hydrogen-bond donors (Lipinski definition) is 0. The smallest absolute Gasteiger partial charge is 0.493 e. The van der Waals surface area contributed by atoms with Gasteiger partial charge in [0, 0.05) is 37.3 Å². The second-order valence-corrected chi connectivity index (χ2v) is 13.9. The summed E-state index contributed by atoms with van der Waals surface area (Å²) in [5.41, 5.74) is 4.38. The Bertz CT molecular complexity index is 1270. The van der Waals surface area contributed by atoms with Gasteiger partial charge in [0.15, 0.2) is 0 Å². The Morgan fingerprint density at radius 1 is 0.698 bits per heavy atom. The van der Waals surface area contributed by atoms with Gasteiger partial charge in [-0.3, -0.25) is 0 Å². The van der Waals surface area contributed by atoms with E-state index in [1.165, 1.54) is 43.2 Å². The number of rotatable bonds is 22. The van der Waals surface area contributed by atoms with Crippen LogP contribution in [0.2, 0.25) is 6.04 Å². The zero-order valence-corrected chi connectivity index (χ0v) is 28.3. The lowest BCUT2D eigenvalue weighted by Gasteiger charge is -2.28. The summed E-state index contributed by atoms with van der Waals surface area (Å²) >= 11 is 0. The van der Waals surface area contributed by atoms with Crippen molar-refractivity contribution in [3.63, 3.8) is 0 Å². The minimum absolute atomic E-state index is 0.304. The molecule has 0 saturated carbocycles. The van der Waals surface area contributed by atoms with Crippen molar-refractivity contribution in [2.75, 3.05) is 26.4 Å². The molecule has 0 spiro atoms. The summed E-state index contributed by atoms with van der Waals surface area (Å²) in [6, 6.07) is 15.1. The highest BCUT2D eigenvalue weighted by atomic mass is 28.4. The van der Waals surface area contributed by atoms with Crippen LogP contribution in [0.4, 0.5) is 0 Å². The van der Waals surface area contributed by atoms with Crippen molar-refractivity contribution in [3.8, 4) is 16.9 Å². The molecule has 238 valence electrons. The number of hydrogen-bond acceptors (Lipinski definition) is 6. The summed E-state index contributed by atoms with van der Waals surface area (Å²) in [7, 11) is -2.52. The molecule has 0 N–H and O–H groups in total. The molecule has 1 aromatic heterocycles.